The predicted molar refractivity (Wildman–Crippen MR) is 83.0 cm³/mol. The molecule has 0 radical (unpaired) electrons. The zero-order valence-electron chi connectivity index (χ0n) is 12.2. The van der Waals surface area contributed by atoms with Crippen molar-refractivity contribution >= 4 is 15.9 Å². The highest BCUT2D eigenvalue weighted by Crippen LogP contribution is 2.37. The van der Waals surface area contributed by atoms with Gasteiger partial charge in [-0.15, -0.1) is 0 Å². The van der Waals surface area contributed by atoms with Gasteiger partial charge in [0.15, 0.2) is 11.5 Å². The Morgan fingerprint density at radius 1 is 1.26 bits per heavy atom. The largest absolute Gasteiger partial charge is 0.490 e. The number of benzene rings is 1. The molecule has 0 aliphatic heterocycles. The highest BCUT2D eigenvalue weighted by Gasteiger charge is 2.14. The van der Waals surface area contributed by atoms with E-state index in [4.69, 9.17) is 15.2 Å². The summed E-state index contributed by atoms with van der Waals surface area (Å²) in [4.78, 5) is 0. The summed E-state index contributed by atoms with van der Waals surface area (Å²) in [6, 6.07) is 4.27. The van der Waals surface area contributed by atoms with Gasteiger partial charge in [-0.2, -0.15) is 0 Å². The highest BCUT2D eigenvalue weighted by atomic mass is 79.9. The maximum Gasteiger partial charge on any atom is 0.175 e. The van der Waals surface area contributed by atoms with Gasteiger partial charge in [-0.05, 0) is 67.2 Å². The van der Waals surface area contributed by atoms with E-state index in [0.717, 1.165) is 28.8 Å². The first kappa shape index (κ1) is 16.3. The first-order valence-corrected chi connectivity index (χ1v) is 7.64. The fraction of sp³-hybridized carbons (Fsp3) is 0.600. The topological polar surface area (TPSA) is 44.5 Å². The molecular weight excluding hydrogens is 306 g/mol. The number of nitrogens with two attached hydrogens (primary N) is 1. The van der Waals surface area contributed by atoms with Crippen molar-refractivity contribution in [3.8, 4) is 11.5 Å². The van der Waals surface area contributed by atoms with Crippen molar-refractivity contribution in [3.63, 3.8) is 0 Å². The van der Waals surface area contributed by atoms with Gasteiger partial charge in [0.25, 0.3) is 0 Å². The second kappa shape index (κ2) is 7.75. The number of hydrogen-bond donors (Lipinski definition) is 1. The van der Waals surface area contributed by atoms with Gasteiger partial charge in [0.05, 0.1) is 17.2 Å². The Labute approximate surface area is 124 Å². The van der Waals surface area contributed by atoms with Crippen LogP contribution in [0.5, 0.6) is 11.5 Å². The Balaban J connectivity index is 3.05. The zero-order valence-corrected chi connectivity index (χ0v) is 13.8. The highest BCUT2D eigenvalue weighted by molar-refractivity contribution is 9.10. The summed E-state index contributed by atoms with van der Waals surface area (Å²) in [5, 5.41) is 0. The Morgan fingerprint density at radius 3 is 2.47 bits per heavy atom. The van der Waals surface area contributed by atoms with E-state index in [0.29, 0.717) is 6.61 Å². The quantitative estimate of drug-likeness (QED) is 0.824. The maximum absolute atomic E-state index is 6.01. The minimum absolute atomic E-state index is 0.110. The van der Waals surface area contributed by atoms with Crippen LogP contribution in [0, 0.1) is 0 Å². The Morgan fingerprint density at radius 2 is 1.95 bits per heavy atom. The maximum atomic E-state index is 6.01. The predicted octanol–water partition coefficient (Wildman–Crippen LogP) is 3.91. The fourth-order valence-electron chi connectivity index (χ4n) is 1.80. The Hall–Kier alpha value is -0.740. The van der Waals surface area contributed by atoms with E-state index in [1.54, 1.807) is 0 Å². The molecule has 2 N–H and O–H groups in total. The summed E-state index contributed by atoms with van der Waals surface area (Å²) >= 11 is 3.56. The van der Waals surface area contributed by atoms with Gasteiger partial charge < -0.3 is 15.2 Å². The van der Waals surface area contributed by atoms with Crippen molar-refractivity contribution in [2.24, 2.45) is 5.73 Å². The van der Waals surface area contributed by atoms with E-state index in [9.17, 15) is 0 Å². The van der Waals surface area contributed by atoms with Gasteiger partial charge in [-0.25, -0.2) is 0 Å². The van der Waals surface area contributed by atoms with Gasteiger partial charge in [-0.3, -0.25) is 0 Å². The molecule has 1 rings (SSSR count). The summed E-state index contributed by atoms with van der Waals surface area (Å²) in [6.45, 7) is 8.69. The van der Waals surface area contributed by atoms with Crippen molar-refractivity contribution in [1.82, 2.24) is 0 Å². The lowest BCUT2D eigenvalue weighted by Gasteiger charge is -2.18. The molecule has 4 heteroatoms. The molecule has 0 bridgehead atoms. The summed E-state index contributed by atoms with van der Waals surface area (Å²) < 4.78 is 12.4. The molecule has 108 valence electrons. The van der Waals surface area contributed by atoms with Crippen LogP contribution >= 0.6 is 15.9 Å². The van der Waals surface area contributed by atoms with Crippen LogP contribution in [0.3, 0.4) is 0 Å². The van der Waals surface area contributed by atoms with Crippen LogP contribution in [0.4, 0.5) is 0 Å². The van der Waals surface area contributed by atoms with Crippen LogP contribution in [0.1, 0.15) is 39.7 Å². The second-order valence-electron chi connectivity index (χ2n) is 4.88. The third-order valence-corrected chi connectivity index (χ3v) is 3.33. The Kier molecular flexibility index (Phi) is 6.66. The van der Waals surface area contributed by atoms with Gasteiger partial charge in [-0.1, -0.05) is 6.92 Å². The van der Waals surface area contributed by atoms with E-state index in [1.165, 1.54) is 5.56 Å². The fourth-order valence-corrected chi connectivity index (χ4v) is 2.38. The van der Waals surface area contributed by atoms with Crippen LogP contribution in [0.25, 0.3) is 0 Å². The standard InChI is InChI=1S/C15H24BrNO2/c1-5-12(17)7-11-8-13(16)15(19-10(3)4)14(9-11)18-6-2/h8-10,12H,5-7,17H2,1-4H3. The lowest BCUT2D eigenvalue weighted by molar-refractivity contribution is 0.222. The Bertz CT molecular complexity index is 407. The van der Waals surface area contributed by atoms with E-state index >= 15 is 0 Å². The SMILES string of the molecule is CCOc1cc(CC(N)CC)cc(Br)c1OC(C)C. The lowest BCUT2D eigenvalue weighted by atomic mass is 10.0. The average Bonchev–Trinajstić information content (AvgIpc) is 2.33. The molecule has 0 spiro atoms. The van der Waals surface area contributed by atoms with Crippen molar-refractivity contribution in [2.75, 3.05) is 6.61 Å². The van der Waals surface area contributed by atoms with Crippen LogP contribution in [-0.4, -0.2) is 18.8 Å². The molecule has 19 heavy (non-hydrogen) atoms. The number of rotatable bonds is 7. The molecule has 1 aromatic carbocycles. The van der Waals surface area contributed by atoms with Crippen LogP contribution in [0.15, 0.2) is 16.6 Å². The molecule has 0 saturated carbocycles. The van der Waals surface area contributed by atoms with Crippen LogP contribution in [0.2, 0.25) is 0 Å². The van der Waals surface area contributed by atoms with Crippen molar-refractivity contribution < 1.29 is 9.47 Å². The number of ether oxygens (including phenoxy) is 2. The van der Waals surface area contributed by atoms with Gasteiger partial charge in [0.2, 0.25) is 0 Å². The summed E-state index contributed by atoms with van der Waals surface area (Å²) in [7, 11) is 0. The van der Waals surface area contributed by atoms with Crippen molar-refractivity contribution in [2.45, 2.75) is 52.7 Å². The van der Waals surface area contributed by atoms with E-state index in [2.05, 4.69) is 28.9 Å². The average molecular weight is 330 g/mol. The zero-order chi connectivity index (χ0) is 14.4. The van der Waals surface area contributed by atoms with Crippen LogP contribution in [-0.2, 0) is 6.42 Å². The first-order valence-electron chi connectivity index (χ1n) is 6.85. The normalized spacial score (nSPS) is 12.6. The molecule has 0 aromatic heterocycles. The summed E-state index contributed by atoms with van der Waals surface area (Å²) in [6.07, 6.45) is 1.92. The summed E-state index contributed by atoms with van der Waals surface area (Å²) in [5.41, 5.74) is 7.18. The van der Waals surface area contributed by atoms with Crippen molar-refractivity contribution in [3.05, 3.63) is 22.2 Å². The molecule has 0 aliphatic rings. The smallest absolute Gasteiger partial charge is 0.175 e. The van der Waals surface area contributed by atoms with Crippen molar-refractivity contribution in [1.29, 1.82) is 0 Å². The van der Waals surface area contributed by atoms with E-state index in [1.807, 2.05) is 26.8 Å². The second-order valence-corrected chi connectivity index (χ2v) is 5.73. The molecule has 0 fully saturated rings. The van der Waals surface area contributed by atoms with Gasteiger partial charge in [0.1, 0.15) is 0 Å². The lowest BCUT2D eigenvalue weighted by Crippen LogP contribution is -2.21. The molecule has 1 atom stereocenters. The third-order valence-electron chi connectivity index (χ3n) is 2.74. The molecule has 0 heterocycles. The number of hydrogen-bond acceptors (Lipinski definition) is 3. The molecule has 1 unspecified atom stereocenters. The minimum atomic E-state index is 0.110. The van der Waals surface area contributed by atoms with Crippen LogP contribution < -0.4 is 15.2 Å². The van der Waals surface area contributed by atoms with Gasteiger partial charge in [0, 0.05) is 6.04 Å². The molecule has 0 saturated heterocycles. The first-order chi connectivity index (χ1) is 8.97. The molecule has 3 nitrogen and oxygen atoms in total. The van der Waals surface area contributed by atoms with E-state index < -0.39 is 0 Å². The molecular formula is C15H24BrNO2. The minimum Gasteiger partial charge on any atom is -0.490 e. The molecule has 0 amide bonds. The number of halogens is 1. The molecule has 1 aromatic rings. The van der Waals surface area contributed by atoms with Gasteiger partial charge >= 0.3 is 0 Å². The monoisotopic (exact) mass is 329 g/mol. The summed E-state index contributed by atoms with van der Waals surface area (Å²) in [5.74, 6) is 1.55. The van der Waals surface area contributed by atoms with E-state index in [-0.39, 0.29) is 12.1 Å². The third kappa shape index (κ3) is 5.03. The molecule has 0 aliphatic carbocycles.